The van der Waals surface area contributed by atoms with E-state index in [-0.39, 0.29) is 23.6 Å². The van der Waals surface area contributed by atoms with E-state index >= 15 is 0 Å². The number of carboxylic acids is 1. The molecule has 1 saturated heterocycles. The van der Waals surface area contributed by atoms with Crippen molar-refractivity contribution >= 4 is 36.3 Å². The molecule has 0 saturated carbocycles. The van der Waals surface area contributed by atoms with Crippen LogP contribution >= 0.6 is 12.6 Å². The van der Waals surface area contributed by atoms with E-state index < -0.39 is 35.9 Å². The molecule has 0 spiro atoms. The van der Waals surface area contributed by atoms with Gasteiger partial charge in [-0.1, -0.05) is 13.8 Å². The monoisotopic (exact) mass is 402 g/mol. The molecule has 4 atom stereocenters. The molecule has 0 aromatic rings. The minimum Gasteiger partial charge on any atom is -0.480 e. The van der Waals surface area contributed by atoms with Crippen LogP contribution in [0.4, 0.5) is 0 Å². The van der Waals surface area contributed by atoms with E-state index in [9.17, 15) is 19.2 Å². The average Bonchev–Trinajstić information content (AvgIpc) is 3.12. The van der Waals surface area contributed by atoms with Crippen molar-refractivity contribution in [3.8, 4) is 0 Å². The Kier molecular flexibility index (Phi) is 9.57. The van der Waals surface area contributed by atoms with Gasteiger partial charge in [0, 0.05) is 5.75 Å². The van der Waals surface area contributed by atoms with Crippen LogP contribution in [0.5, 0.6) is 0 Å². The lowest BCUT2D eigenvalue weighted by atomic mass is 10.0. The molecule has 0 unspecified atom stereocenters. The average molecular weight is 403 g/mol. The molecule has 0 radical (unpaired) electrons. The van der Waals surface area contributed by atoms with Crippen LogP contribution in [-0.2, 0) is 19.2 Å². The Hall–Kier alpha value is -1.81. The van der Waals surface area contributed by atoms with Gasteiger partial charge in [-0.05, 0) is 38.6 Å². The van der Waals surface area contributed by atoms with Gasteiger partial charge >= 0.3 is 5.97 Å². The van der Waals surface area contributed by atoms with E-state index in [2.05, 4.69) is 33.9 Å². The SMILES string of the molecule is CC(C)C[C@H](NC(=O)[C@@H]1CCCN1)C(=O)N[C@@H](C)C(=O)N[C@@H](CS)C(=O)O. The van der Waals surface area contributed by atoms with Gasteiger partial charge in [0.2, 0.25) is 17.7 Å². The van der Waals surface area contributed by atoms with Crippen LogP contribution in [0, 0.1) is 5.92 Å². The molecule has 0 aromatic carbocycles. The van der Waals surface area contributed by atoms with Gasteiger partial charge < -0.3 is 26.4 Å². The minimum absolute atomic E-state index is 0.0673. The molecule has 1 heterocycles. The summed E-state index contributed by atoms with van der Waals surface area (Å²) in [7, 11) is 0. The van der Waals surface area contributed by atoms with Crippen molar-refractivity contribution in [3.63, 3.8) is 0 Å². The van der Waals surface area contributed by atoms with Crippen molar-refractivity contribution < 1.29 is 24.3 Å². The van der Waals surface area contributed by atoms with Crippen LogP contribution in [0.1, 0.15) is 40.0 Å². The van der Waals surface area contributed by atoms with Gasteiger partial charge in [0.15, 0.2) is 0 Å². The van der Waals surface area contributed by atoms with Crippen molar-refractivity contribution in [1.82, 2.24) is 21.3 Å². The van der Waals surface area contributed by atoms with Gasteiger partial charge in [0.25, 0.3) is 0 Å². The Morgan fingerprint density at radius 2 is 1.74 bits per heavy atom. The summed E-state index contributed by atoms with van der Waals surface area (Å²) in [6.45, 7) is 6.09. The van der Waals surface area contributed by atoms with Gasteiger partial charge in [0.05, 0.1) is 6.04 Å². The van der Waals surface area contributed by atoms with Crippen LogP contribution in [0.3, 0.4) is 0 Å². The largest absolute Gasteiger partial charge is 0.480 e. The molecule has 1 rings (SSSR count). The fraction of sp³-hybridized carbons (Fsp3) is 0.765. The van der Waals surface area contributed by atoms with Crippen LogP contribution in [0.2, 0.25) is 0 Å². The van der Waals surface area contributed by atoms with Crippen LogP contribution in [0.25, 0.3) is 0 Å². The van der Waals surface area contributed by atoms with Gasteiger partial charge in [-0.25, -0.2) is 4.79 Å². The maximum absolute atomic E-state index is 12.6. The molecule has 5 N–H and O–H groups in total. The summed E-state index contributed by atoms with van der Waals surface area (Å²) >= 11 is 3.88. The summed E-state index contributed by atoms with van der Waals surface area (Å²) in [5.41, 5.74) is 0. The molecule has 0 aliphatic carbocycles. The molecule has 3 amide bonds. The number of nitrogens with one attached hydrogen (secondary N) is 4. The molecule has 1 fully saturated rings. The zero-order valence-electron chi connectivity index (χ0n) is 15.9. The first-order valence-corrected chi connectivity index (χ1v) is 9.77. The smallest absolute Gasteiger partial charge is 0.327 e. The molecule has 9 nitrogen and oxygen atoms in total. The summed E-state index contributed by atoms with van der Waals surface area (Å²) in [5.74, 6) is -2.45. The van der Waals surface area contributed by atoms with Crippen molar-refractivity contribution in [2.24, 2.45) is 5.92 Å². The van der Waals surface area contributed by atoms with Crippen molar-refractivity contribution in [2.75, 3.05) is 12.3 Å². The number of carbonyl (C=O) groups is 4. The van der Waals surface area contributed by atoms with E-state index in [1.807, 2.05) is 13.8 Å². The number of aliphatic carboxylic acids is 1. The van der Waals surface area contributed by atoms with Crippen molar-refractivity contribution in [3.05, 3.63) is 0 Å². The topological polar surface area (TPSA) is 137 Å². The lowest BCUT2D eigenvalue weighted by Crippen LogP contribution is -2.56. The molecule has 1 aliphatic rings. The van der Waals surface area contributed by atoms with Crippen molar-refractivity contribution in [1.29, 1.82) is 0 Å². The van der Waals surface area contributed by atoms with E-state index in [1.54, 1.807) is 0 Å². The third kappa shape index (κ3) is 7.76. The number of carbonyl (C=O) groups excluding carboxylic acids is 3. The number of amides is 3. The third-order valence-corrected chi connectivity index (χ3v) is 4.63. The molecule has 27 heavy (non-hydrogen) atoms. The Balaban J connectivity index is 2.67. The minimum atomic E-state index is -1.20. The first-order valence-electron chi connectivity index (χ1n) is 9.13. The van der Waals surface area contributed by atoms with Crippen LogP contribution in [0.15, 0.2) is 0 Å². The number of carboxylic acid groups (broad SMARTS) is 1. The van der Waals surface area contributed by atoms with E-state index in [4.69, 9.17) is 5.11 Å². The van der Waals surface area contributed by atoms with E-state index in [0.717, 1.165) is 19.4 Å². The first-order chi connectivity index (χ1) is 12.6. The second-order valence-corrected chi connectivity index (χ2v) is 7.52. The van der Waals surface area contributed by atoms with Crippen LogP contribution < -0.4 is 21.3 Å². The van der Waals surface area contributed by atoms with E-state index in [0.29, 0.717) is 6.42 Å². The second kappa shape index (κ2) is 11.1. The number of hydrogen-bond acceptors (Lipinski definition) is 6. The molecule has 1 aliphatic heterocycles. The van der Waals surface area contributed by atoms with E-state index in [1.165, 1.54) is 6.92 Å². The Labute approximate surface area is 164 Å². The van der Waals surface area contributed by atoms with Gasteiger partial charge in [-0.15, -0.1) is 0 Å². The number of hydrogen-bond donors (Lipinski definition) is 6. The highest BCUT2D eigenvalue weighted by Gasteiger charge is 2.30. The summed E-state index contributed by atoms with van der Waals surface area (Å²) < 4.78 is 0. The summed E-state index contributed by atoms with van der Waals surface area (Å²) in [4.78, 5) is 48.0. The van der Waals surface area contributed by atoms with Crippen molar-refractivity contribution in [2.45, 2.75) is 64.2 Å². The molecule has 154 valence electrons. The normalized spacial score (nSPS) is 19.8. The molecular formula is C17H30N4O5S. The predicted octanol–water partition coefficient (Wildman–Crippen LogP) is -0.727. The molecule has 10 heteroatoms. The second-order valence-electron chi connectivity index (χ2n) is 7.15. The third-order valence-electron chi connectivity index (χ3n) is 4.27. The van der Waals surface area contributed by atoms with Gasteiger partial charge in [-0.2, -0.15) is 12.6 Å². The standard InChI is InChI=1S/C17H30N4O5S/c1-9(2)7-12(20-15(23)11-5-4-6-18-11)16(24)19-10(3)14(22)21-13(8-27)17(25)26/h9-13,18,27H,4-8H2,1-3H3,(H,19,24)(H,20,23)(H,21,22)(H,25,26)/t10-,11-,12-,13-/m0/s1. The highest BCUT2D eigenvalue weighted by atomic mass is 32.1. The Bertz CT molecular complexity index is 551. The highest BCUT2D eigenvalue weighted by Crippen LogP contribution is 2.09. The maximum atomic E-state index is 12.6. The zero-order chi connectivity index (χ0) is 20.6. The maximum Gasteiger partial charge on any atom is 0.327 e. The van der Waals surface area contributed by atoms with Gasteiger partial charge in [0.1, 0.15) is 18.1 Å². The highest BCUT2D eigenvalue weighted by molar-refractivity contribution is 7.80. The Morgan fingerprint density at radius 1 is 1.07 bits per heavy atom. The van der Waals surface area contributed by atoms with Gasteiger partial charge in [-0.3, -0.25) is 14.4 Å². The lowest BCUT2D eigenvalue weighted by molar-refractivity contribution is -0.141. The molecule has 0 bridgehead atoms. The number of thiol groups is 1. The fourth-order valence-corrected chi connectivity index (χ4v) is 2.99. The summed E-state index contributed by atoms with van der Waals surface area (Å²) in [6.07, 6.45) is 2.06. The fourth-order valence-electron chi connectivity index (χ4n) is 2.75. The summed E-state index contributed by atoms with van der Waals surface area (Å²) in [6, 6.07) is -3.16. The molecular weight excluding hydrogens is 372 g/mol. The Morgan fingerprint density at radius 3 is 2.22 bits per heavy atom. The number of rotatable bonds is 10. The zero-order valence-corrected chi connectivity index (χ0v) is 16.8. The van der Waals surface area contributed by atoms with Crippen LogP contribution in [-0.4, -0.2) is 65.3 Å². The summed E-state index contributed by atoms with van der Waals surface area (Å²) in [5, 5.41) is 19.7. The quantitative estimate of drug-likeness (QED) is 0.267. The first kappa shape index (κ1) is 23.2. The molecule has 0 aromatic heterocycles. The lowest BCUT2D eigenvalue weighted by Gasteiger charge is -2.24. The predicted molar refractivity (Wildman–Crippen MR) is 103 cm³/mol.